The van der Waals surface area contributed by atoms with E-state index in [1.165, 1.54) is 12.8 Å². The van der Waals surface area contributed by atoms with E-state index in [0.29, 0.717) is 6.61 Å². The van der Waals surface area contributed by atoms with Crippen LogP contribution in [0.2, 0.25) is 0 Å². The van der Waals surface area contributed by atoms with Crippen LogP contribution >= 0.6 is 0 Å². The highest BCUT2D eigenvalue weighted by molar-refractivity contribution is 5.44. The fourth-order valence-electron chi connectivity index (χ4n) is 3.08. The molecule has 0 spiro atoms. The second kappa shape index (κ2) is 5.39. The number of fused-ring (bicyclic) bond motifs is 1. The zero-order valence-corrected chi connectivity index (χ0v) is 11.0. The number of benzene rings is 1. The Morgan fingerprint density at radius 3 is 2.89 bits per heavy atom. The molecule has 1 heterocycles. The van der Waals surface area contributed by atoms with E-state index in [1.807, 2.05) is 6.07 Å². The zero-order chi connectivity index (χ0) is 13.2. The van der Waals surface area contributed by atoms with Crippen molar-refractivity contribution in [2.45, 2.75) is 50.3 Å². The van der Waals surface area contributed by atoms with Crippen LogP contribution < -0.4 is 10.1 Å². The molecule has 0 amide bonds. The number of aliphatic hydroxyl groups excluding tert-OH is 1. The monoisotopic (exact) mass is 263 g/mol. The number of aliphatic hydroxyl groups is 1. The second-order valence-electron chi connectivity index (χ2n) is 5.56. The minimum Gasteiger partial charge on any atom is -0.508 e. The molecule has 3 atom stereocenters. The van der Waals surface area contributed by atoms with Crippen LogP contribution in [0, 0.1) is 0 Å². The lowest BCUT2D eigenvalue weighted by Crippen LogP contribution is -2.41. The maximum atomic E-state index is 10.2. The summed E-state index contributed by atoms with van der Waals surface area (Å²) >= 11 is 0. The normalized spacial score (nSPS) is 30.5. The summed E-state index contributed by atoms with van der Waals surface area (Å²) < 4.78 is 5.60. The summed E-state index contributed by atoms with van der Waals surface area (Å²) in [5.74, 6) is 0.981. The number of ether oxygens (including phenoxy) is 1. The van der Waals surface area contributed by atoms with E-state index in [4.69, 9.17) is 4.74 Å². The molecule has 1 aromatic carbocycles. The van der Waals surface area contributed by atoms with E-state index in [9.17, 15) is 10.2 Å². The number of hydrogen-bond donors (Lipinski definition) is 3. The topological polar surface area (TPSA) is 61.7 Å². The Hall–Kier alpha value is -1.26. The van der Waals surface area contributed by atoms with Crippen LogP contribution in [0.3, 0.4) is 0 Å². The van der Waals surface area contributed by atoms with E-state index in [0.717, 1.165) is 30.6 Å². The van der Waals surface area contributed by atoms with Crippen LogP contribution in [0.1, 0.15) is 43.7 Å². The lowest BCUT2D eigenvalue weighted by molar-refractivity contribution is 0.111. The average molecular weight is 263 g/mol. The Morgan fingerprint density at radius 1 is 1.16 bits per heavy atom. The molecule has 4 heteroatoms. The van der Waals surface area contributed by atoms with Gasteiger partial charge in [0.05, 0.1) is 12.1 Å². The molecule has 1 aliphatic heterocycles. The van der Waals surface area contributed by atoms with Crippen molar-refractivity contribution in [1.82, 2.24) is 5.32 Å². The molecule has 0 radical (unpaired) electrons. The van der Waals surface area contributed by atoms with Crippen LogP contribution in [-0.4, -0.2) is 29.0 Å². The molecule has 1 saturated carbocycles. The Balaban J connectivity index is 1.71. The lowest BCUT2D eigenvalue weighted by Gasteiger charge is -2.25. The number of hydrogen-bond acceptors (Lipinski definition) is 4. The average Bonchev–Trinajstić information content (AvgIpc) is 2.67. The molecule has 3 rings (SSSR count). The first-order valence-electron chi connectivity index (χ1n) is 7.14. The van der Waals surface area contributed by atoms with Gasteiger partial charge in [-0.15, -0.1) is 0 Å². The largest absolute Gasteiger partial charge is 0.508 e. The molecule has 3 N–H and O–H groups in total. The maximum absolute atomic E-state index is 10.2. The fraction of sp³-hybridized carbons (Fsp3) is 0.600. The van der Waals surface area contributed by atoms with Crippen molar-refractivity contribution >= 4 is 0 Å². The predicted molar refractivity (Wildman–Crippen MR) is 72.4 cm³/mol. The lowest BCUT2D eigenvalue weighted by atomic mass is 10.0. The highest BCUT2D eigenvalue weighted by atomic mass is 16.5. The summed E-state index contributed by atoms with van der Waals surface area (Å²) in [4.78, 5) is 0. The number of nitrogens with one attached hydrogen (secondary N) is 1. The van der Waals surface area contributed by atoms with Gasteiger partial charge in [-0.05, 0) is 25.0 Å². The Labute approximate surface area is 113 Å². The zero-order valence-electron chi connectivity index (χ0n) is 11.0. The summed E-state index contributed by atoms with van der Waals surface area (Å²) in [6.45, 7) is 0.571. The smallest absolute Gasteiger partial charge is 0.127 e. The maximum Gasteiger partial charge on any atom is 0.127 e. The van der Waals surface area contributed by atoms with Gasteiger partial charge >= 0.3 is 0 Å². The quantitative estimate of drug-likeness (QED) is 0.715. The van der Waals surface area contributed by atoms with Gasteiger partial charge in [0.25, 0.3) is 0 Å². The van der Waals surface area contributed by atoms with Crippen LogP contribution in [0.5, 0.6) is 11.5 Å². The molecule has 1 aliphatic carbocycles. The molecular formula is C15H21NO3. The molecule has 1 aromatic rings. The Bertz CT molecular complexity index is 449. The molecule has 0 bridgehead atoms. The molecular weight excluding hydrogens is 242 g/mol. The molecule has 2 aliphatic rings. The van der Waals surface area contributed by atoms with Crippen LogP contribution in [-0.2, 0) is 0 Å². The minimum atomic E-state index is -0.260. The van der Waals surface area contributed by atoms with Crippen LogP contribution in [0.25, 0.3) is 0 Å². The van der Waals surface area contributed by atoms with E-state index in [2.05, 4.69) is 5.32 Å². The third-order valence-corrected chi connectivity index (χ3v) is 4.17. The summed E-state index contributed by atoms with van der Waals surface area (Å²) in [7, 11) is 0. The summed E-state index contributed by atoms with van der Waals surface area (Å²) in [5.41, 5.74) is 1.08. The molecule has 19 heavy (non-hydrogen) atoms. The van der Waals surface area contributed by atoms with Gasteiger partial charge in [0, 0.05) is 17.7 Å². The minimum absolute atomic E-state index is 0.119. The standard InChI is InChI=1S/C15H21NO3/c17-10-6-7-11-13(9-19-15(11)8-10)16-12-4-2-1-3-5-14(12)18/h6-8,12-14,16-18H,1-5,9H2. The van der Waals surface area contributed by atoms with Gasteiger partial charge in [-0.3, -0.25) is 0 Å². The van der Waals surface area contributed by atoms with Gasteiger partial charge in [-0.2, -0.15) is 0 Å². The number of phenolic OH excluding ortho intramolecular Hbond substituents is 1. The number of rotatable bonds is 2. The van der Waals surface area contributed by atoms with Gasteiger partial charge in [0.2, 0.25) is 0 Å². The van der Waals surface area contributed by atoms with Gasteiger partial charge in [-0.25, -0.2) is 0 Å². The van der Waals surface area contributed by atoms with Crippen molar-refractivity contribution in [2.24, 2.45) is 0 Å². The molecule has 1 fully saturated rings. The first kappa shape index (κ1) is 12.8. The summed E-state index contributed by atoms with van der Waals surface area (Å²) in [6, 6.07) is 5.51. The molecule has 4 nitrogen and oxygen atoms in total. The van der Waals surface area contributed by atoms with Crippen molar-refractivity contribution in [1.29, 1.82) is 0 Å². The molecule has 0 saturated heterocycles. The highest BCUT2D eigenvalue weighted by Crippen LogP contribution is 2.35. The van der Waals surface area contributed by atoms with E-state index in [-0.39, 0.29) is 23.9 Å². The van der Waals surface area contributed by atoms with Crippen molar-refractivity contribution in [3.8, 4) is 11.5 Å². The van der Waals surface area contributed by atoms with Gasteiger partial charge in [0.15, 0.2) is 0 Å². The first-order valence-corrected chi connectivity index (χ1v) is 7.14. The van der Waals surface area contributed by atoms with Gasteiger partial charge < -0.3 is 20.3 Å². The Morgan fingerprint density at radius 2 is 2.00 bits per heavy atom. The van der Waals surface area contributed by atoms with Gasteiger partial charge in [-0.1, -0.05) is 19.3 Å². The first-order chi connectivity index (χ1) is 9.24. The summed E-state index contributed by atoms with van der Waals surface area (Å²) in [6.07, 6.45) is 5.14. The van der Waals surface area contributed by atoms with Crippen molar-refractivity contribution in [3.63, 3.8) is 0 Å². The van der Waals surface area contributed by atoms with Crippen molar-refractivity contribution < 1.29 is 14.9 Å². The van der Waals surface area contributed by atoms with E-state index in [1.54, 1.807) is 12.1 Å². The number of phenols is 1. The van der Waals surface area contributed by atoms with Crippen molar-refractivity contribution in [3.05, 3.63) is 23.8 Å². The van der Waals surface area contributed by atoms with Crippen LogP contribution in [0.15, 0.2) is 18.2 Å². The highest BCUT2D eigenvalue weighted by Gasteiger charge is 2.29. The molecule has 3 unspecified atom stereocenters. The second-order valence-corrected chi connectivity index (χ2v) is 5.56. The van der Waals surface area contributed by atoms with Crippen molar-refractivity contribution in [2.75, 3.05) is 6.61 Å². The SMILES string of the molecule is Oc1ccc2c(c1)OCC2NC1CCCCCC1O. The third kappa shape index (κ3) is 2.69. The van der Waals surface area contributed by atoms with Gasteiger partial charge in [0.1, 0.15) is 18.1 Å². The fourth-order valence-corrected chi connectivity index (χ4v) is 3.08. The number of aromatic hydroxyl groups is 1. The van der Waals surface area contributed by atoms with Crippen LogP contribution in [0.4, 0.5) is 0 Å². The van der Waals surface area contributed by atoms with E-state index < -0.39 is 0 Å². The summed E-state index contributed by atoms with van der Waals surface area (Å²) in [5, 5.41) is 23.1. The molecule has 104 valence electrons. The predicted octanol–water partition coefficient (Wildman–Crippen LogP) is 2.11. The third-order valence-electron chi connectivity index (χ3n) is 4.17. The van der Waals surface area contributed by atoms with E-state index >= 15 is 0 Å². The molecule has 0 aromatic heterocycles. The Kier molecular flexibility index (Phi) is 3.62.